The van der Waals surface area contributed by atoms with E-state index in [2.05, 4.69) is 27.9 Å². The van der Waals surface area contributed by atoms with Gasteiger partial charge in [-0.1, -0.05) is 6.07 Å². The van der Waals surface area contributed by atoms with E-state index in [9.17, 15) is 13.2 Å². The number of benzene rings is 2. The topological polar surface area (TPSA) is 66.5 Å². The van der Waals surface area contributed by atoms with Crippen molar-refractivity contribution in [3.05, 3.63) is 56.7 Å². The van der Waals surface area contributed by atoms with E-state index in [1.807, 2.05) is 45.0 Å². The van der Waals surface area contributed by atoms with Gasteiger partial charge in [0.1, 0.15) is 6.54 Å². The maximum absolute atomic E-state index is 12.4. The second-order valence-electron chi connectivity index (χ2n) is 6.12. The lowest BCUT2D eigenvalue weighted by Gasteiger charge is -2.23. The van der Waals surface area contributed by atoms with E-state index in [0.29, 0.717) is 11.4 Å². The van der Waals surface area contributed by atoms with Crippen molar-refractivity contribution in [3.8, 4) is 0 Å². The Morgan fingerprint density at radius 3 is 2.20 bits per heavy atom. The first-order valence-electron chi connectivity index (χ1n) is 7.68. The van der Waals surface area contributed by atoms with E-state index in [-0.39, 0.29) is 12.5 Å². The van der Waals surface area contributed by atoms with Crippen LogP contribution in [0.25, 0.3) is 0 Å². The molecule has 0 aliphatic rings. The van der Waals surface area contributed by atoms with Gasteiger partial charge in [-0.2, -0.15) is 0 Å². The number of amides is 1. The molecule has 0 unspecified atom stereocenters. The summed E-state index contributed by atoms with van der Waals surface area (Å²) in [5, 5.41) is 2.79. The number of anilines is 2. The first-order chi connectivity index (χ1) is 11.6. The van der Waals surface area contributed by atoms with Crippen molar-refractivity contribution < 1.29 is 13.2 Å². The van der Waals surface area contributed by atoms with E-state index >= 15 is 0 Å². The van der Waals surface area contributed by atoms with Crippen molar-refractivity contribution in [1.29, 1.82) is 0 Å². The SMILES string of the molecule is Cc1cc(C)cc(N(CC(=O)Nc2ccc(I)cc2C)S(C)(=O)=O)c1. The minimum atomic E-state index is -3.58. The number of aryl methyl sites for hydroxylation is 3. The summed E-state index contributed by atoms with van der Waals surface area (Å²) in [6, 6.07) is 11.1. The molecular weight excluding hydrogens is 451 g/mol. The largest absolute Gasteiger partial charge is 0.324 e. The Kier molecular flexibility index (Phi) is 6.10. The summed E-state index contributed by atoms with van der Waals surface area (Å²) in [5.74, 6) is -0.381. The van der Waals surface area contributed by atoms with Gasteiger partial charge in [0.05, 0.1) is 11.9 Å². The fraction of sp³-hybridized carbons (Fsp3) is 0.278. The van der Waals surface area contributed by atoms with Gasteiger partial charge >= 0.3 is 0 Å². The lowest BCUT2D eigenvalue weighted by Crippen LogP contribution is -2.37. The van der Waals surface area contributed by atoms with Crippen molar-refractivity contribution in [2.24, 2.45) is 0 Å². The van der Waals surface area contributed by atoms with Crippen LogP contribution in [0.1, 0.15) is 16.7 Å². The molecule has 0 heterocycles. The Morgan fingerprint density at radius 1 is 1.08 bits per heavy atom. The van der Waals surface area contributed by atoms with Crippen LogP contribution < -0.4 is 9.62 Å². The Morgan fingerprint density at radius 2 is 1.68 bits per heavy atom. The molecule has 0 radical (unpaired) electrons. The highest BCUT2D eigenvalue weighted by molar-refractivity contribution is 14.1. The molecule has 2 aromatic carbocycles. The highest BCUT2D eigenvalue weighted by Gasteiger charge is 2.21. The third-order valence-corrected chi connectivity index (χ3v) is 5.46. The maximum Gasteiger partial charge on any atom is 0.245 e. The fourth-order valence-corrected chi connectivity index (χ4v) is 4.07. The minimum absolute atomic E-state index is 0.271. The maximum atomic E-state index is 12.4. The quantitative estimate of drug-likeness (QED) is 0.677. The molecule has 0 aromatic heterocycles. The monoisotopic (exact) mass is 472 g/mol. The smallest absolute Gasteiger partial charge is 0.245 e. The number of hydrogen-bond acceptors (Lipinski definition) is 3. The summed E-state index contributed by atoms with van der Waals surface area (Å²) >= 11 is 2.20. The van der Waals surface area contributed by atoms with Crippen molar-refractivity contribution in [2.75, 3.05) is 22.4 Å². The third-order valence-electron chi connectivity index (χ3n) is 3.64. The molecule has 7 heteroatoms. The minimum Gasteiger partial charge on any atom is -0.324 e. The van der Waals surface area contributed by atoms with Crippen LogP contribution in [0.5, 0.6) is 0 Å². The second kappa shape index (κ2) is 7.74. The number of nitrogens with zero attached hydrogens (tertiary/aromatic N) is 1. The molecule has 0 spiro atoms. The fourth-order valence-electron chi connectivity index (χ4n) is 2.58. The number of halogens is 1. The summed E-state index contributed by atoms with van der Waals surface area (Å²) in [7, 11) is -3.58. The van der Waals surface area contributed by atoms with E-state index in [1.165, 1.54) is 0 Å². The molecule has 0 aliphatic carbocycles. The number of hydrogen-bond donors (Lipinski definition) is 1. The Labute approximate surface area is 162 Å². The molecular formula is C18H21IN2O3S. The number of nitrogens with one attached hydrogen (secondary N) is 1. The molecule has 0 fully saturated rings. The number of sulfonamides is 1. The van der Waals surface area contributed by atoms with E-state index < -0.39 is 10.0 Å². The lowest BCUT2D eigenvalue weighted by atomic mass is 10.1. The summed E-state index contributed by atoms with van der Waals surface area (Å²) in [4.78, 5) is 12.4. The average molecular weight is 472 g/mol. The first kappa shape index (κ1) is 19.7. The van der Waals surface area contributed by atoms with Gasteiger partial charge in [0, 0.05) is 9.26 Å². The van der Waals surface area contributed by atoms with Gasteiger partial charge in [0.15, 0.2) is 0 Å². The molecule has 0 saturated heterocycles. The van der Waals surface area contributed by atoms with Crippen molar-refractivity contribution in [3.63, 3.8) is 0 Å². The molecule has 25 heavy (non-hydrogen) atoms. The van der Waals surface area contributed by atoms with Gasteiger partial charge < -0.3 is 5.32 Å². The highest BCUT2D eigenvalue weighted by Crippen LogP contribution is 2.22. The van der Waals surface area contributed by atoms with Crippen molar-refractivity contribution >= 4 is 49.9 Å². The third kappa shape index (κ3) is 5.43. The number of rotatable bonds is 5. The zero-order valence-corrected chi connectivity index (χ0v) is 17.6. The molecule has 5 nitrogen and oxygen atoms in total. The molecule has 0 atom stereocenters. The summed E-state index contributed by atoms with van der Waals surface area (Å²) in [6.07, 6.45) is 1.11. The van der Waals surface area contributed by atoms with Crippen LogP contribution in [0, 0.1) is 24.3 Å². The molecule has 2 aromatic rings. The molecule has 1 amide bonds. The van der Waals surface area contributed by atoms with Gasteiger partial charge in [-0.25, -0.2) is 8.42 Å². The van der Waals surface area contributed by atoms with Crippen LogP contribution in [-0.2, 0) is 14.8 Å². The molecule has 0 saturated carbocycles. The van der Waals surface area contributed by atoms with E-state index in [1.54, 1.807) is 12.1 Å². The van der Waals surface area contributed by atoms with Crippen LogP contribution in [0.2, 0.25) is 0 Å². The Hall–Kier alpha value is -1.61. The second-order valence-corrected chi connectivity index (χ2v) is 9.28. The Balaban J connectivity index is 2.27. The highest BCUT2D eigenvalue weighted by atomic mass is 127. The zero-order valence-electron chi connectivity index (χ0n) is 14.6. The number of carbonyl (C=O) groups is 1. The predicted octanol–water partition coefficient (Wildman–Crippen LogP) is 3.62. The van der Waals surface area contributed by atoms with E-state index in [4.69, 9.17) is 0 Å². The van der Waals surface area contributed by atoms with E-state index in [0.717, 1.165) is 30.8 Å². The van der Waals surface area contributed by atoms with Crippen LogP contribution in [-0.4, -0.2) is 27.1 Å². The van der Waals surface area contributed by atoms with Gasteiger partial charge in [-0.05, 0) is 90.4 Å². The van der Waals surface area contributed by atoms with Gasteiger partial charge in [0.2, 0.25) is 15.9 Å². The molecule has 0 bridgehead atoms. The first-order valence-corrected chi connectivity index (χ1v) is 10.6. The van der Waals surface area contributed by atoms with Crippen molar-refractivity contribution in [1.82, 2.24) is 0 Å². The van der Waals surface area contributed by atoms with Crippen LogP contribution in [0.4, 0.5) is 11.4 Å². The zero-order chi connectivity index (χ0) is 18.8. The molecule has 134 valence electrons. The Bertz CT molecular complexity index is 890. The van der Waals surface area contributed by atoms with Crippen LogP contribution in [0.15, 0.2) is 36.4 Å². The summed E-state index contributed by atoms with van der Waals surface area (Å²) in [6.45, 7) is 5.42. The summed E-state index contributed by atoms with van der Waals surface area (Å²) in [5.41, 5.74) is 3.99. The standard InChI is InChI=1S/C18H21IN2O3S/c1-12-7-13(2)9-16(8-12)21(25(4,23)24)11-18(22)20-17-6-5-15(19)10-14(17)3/h5-10H,11H2,1-4H3,(H,20,22). The average Bonchev–Trinajstić information content (AvgIpc) is 2.45. The van der Waals surface area contributed by atoms with Crippen molar-refractivity contribution in [2.45, 2.75) is 20.8 Å². The predicted molar refractivity (Wildman–Crippen MR) is 111 cm³/mol. The normalized spacial score (nSPS) is 11.2. The van der Waals surface area contributed by atoms with Crippen LogP contribution >= 0.6 is 22.6 Å². The molecule has 2 rings (SSSR count). The van der Waals surface area contributed by atoms with Gasteiger partial charge in [-0.3, -0.25) is 9.10 Å². The lowest BCUT2D eigenvalue weighted by molar-refractivity contribution is -0.114. The van der Waals surface area contributed by atoms with Crippen LogP contribution in [0.3, 0.4) is 0 Å². The van der Waals surface area contributed by atoms with Gasteiger partial charge in [0.25, 0.3) is 0 Å². The number of carbonyl (C=O) groups excluding carboxylic acids is 1. The molecule has 0 aliphatic heterocycles. The van der Waals surface area contributed by atoms with Gasteiger partial charge in [-0.15, -0.1) is 0 Å². The summed E-state index contributed by atoms with van der Waals surface area (Å²) < 4.78 is 26.6. The molecule has 1 N–H and O–H groups in total.